The van der Waals surface area contributed by atoms with Crippen molar-refractivity contribution in [3.05, 3.63) is 244 Å². The number of hydrogen-bond acceptors (Lipinski definition) is 1. The van der Waals surface area contributed by atoms with Crippen LogP contribution in [0.2, 0.25) is 0 Å². The Morgan fingerprint density at radius 2 is 0.983 bits per heavy atom. The molecule has 1 fully saturated rings. The molecule has 8 aromatic carbocycles. The summed E-state index contributed by atoms with van der Waals surface area (Å²) in [6.07, 6.45) is 5.80. The van der Waals surface area contributed by atoms with Crippen molar-refractivity contribution in [3.8, 4) is 22.3 Å². The van der Waals surface area contributed by atoms with Gasteiger partial charge in [-0.2, -0.15) is 0 Å². The number of hydrogen-bond donors (Lipinski definition) is 0. The zero-order chi connectivity index (χ0) is 38.2. The van der Waals surface area contributed by atoms with Crippen LogP contribution < -0.4 is 4.90 Å². The van der Waals surface area contributed by atoms with E-state index in [9.17, 15) is 0 Å². The topological polar surface area (TPSA) is 3.24 Å². The van der Waals surface area contributed by atoms with Gasteiger partial charge in [-0.3, -0.25) is 0 Å². The van der Waals surface area contributed by atoms with Crippen LogP contribution in [0.15, 0.2) is 194 Å². The van der Waals surface area contributed by atoms with Crippen LogP contribution in [0.5, 0.6) is 0 Å². The Kier molecular flexibility index (Phi) is 7.73. The van der Waals surface area contributed by atoms with Crippen LogP contribution >= 0.6 is 0 Å². The second kappa shape index (κ2) is 13.3. The third kappa shape index (κ3) is 5.02. The van der Waals surface area contributed by atoms with Crippen LogP contribution in [-0.4, -0.2) is 0 Å². The van der Waals surface area contributed by atoms with E-state index in [-0.39, 0.29) is 11.3 Å². The van der Waals surface area contributed by atoms with Gasteiger partial charge in [-0.15, -0.1) is 0 Å². The quantitative estimate of drug-likeness (QED) is 0.147. The van der Waals surface area contributed by atoms with Gasteiger partial charge in [-0.25, -0.2) is 0 Å². The average molecular weight is 744 g/mol. The molecule has 1 spiro atoms. The Hall–Kier alpha value is -6.44. The van der Waals surface area contributed by atoms with E-state index in [2.05, 4.69) is 199 Å². The molecule has 4 aliphatic carbocycles. The smallest absolute Gasteiger partial charge is 0.0505 e. The molecule has 58 heavy (non-hydrogen) atoms. The molecule has 0 N–H and O–H groups in total. The van der Waals surface area contributed by atoms with Crippen molar-refractivity contribution in [2.45, 2.75) is 43.4 Å². The first-order chi connectivity index (χ1) is 28.8. The molecule has 0 bridgehead atoms. The van der Waals surface area contributed by atoms with Gasteiger partial charge >= 0.3 is 0 Å². The van der Waals surface area contributed by atoms with Crippen molar-refractivity contribution in [3.63, 3.8) is 0 Å². The first-order valence-corrected chi connectivity index (χ1v) is 21.3. The second-order valence-corrected chi connectivity index (χ2v) is 17.1. The van der Waals surface area contributed by atoms with E-state index in [4.69, 9.17) is 0 Å². The number of anilines is 3. The van der Waals surface area contributed by atoms with Gasteiger partial charge in [0.1, 0.15) is 0 Å². The van der Waals surface area contributed by atoms with E-state index in [0.29, 0.717) is 11.8 Å². The summed E-state index contributed by atoms with van der Waals surface area (Å²) in [5, 5.41) is 0. The van der Waals surface area contributed by atoms with Gasteiger partial charge < -0.3 is 4.90 Å². The zero-order valence-corrected chi connectivity index (χ0v) is 32.7. The molecular formula is C57H45N. The van der Waals surface area contributed by atoms with Gasteiger partial charge in [0.25, 0.3) is 0 Å². The molecule has 3 atom stereocenters. The van der Waals surface area contributed by atoms with Crippen LogP contribution in [0.3, 0.4) is 0 Å². The lowest BCUT2D eigenvalue weighted by atomic mass is 9.66. The van der Waals surface area contributed by atoms with Crippen LogP contribution in [0.25, 0.3) is 22.3 Å². The molecule has 278 valence electrons. The normalized spacial score (nSPS) is 19.3. The van der Waals surface area contributed by atoms with Crippen LogP contribution in [0.1, 0.15) is 68.8 Å². The fourth-order valence-corrected chi connectivity index (χ4v) is 12.1. The van der Waals surface area contributed by atoms with Crippen molar-refractivity contribution in [1.29, 1.82) is 0 Å². The maximum Gasteiger partial charge on any atom is 0.0505 e. The number of benzene rings is 8. The molecule has 3 unspecified atom stereocenters. The van der Waals surface area contributed by atoms with Gasteiger partial charge in [0, 0.05) is 22.7 Å². The maximum absolute atomic E-state index is 2.62. The summed E-state index contributed by atoms with van der Waals surface area (Å²) in [7, 11) is 0. The summed E-state index contributed by atoms with van der Waals surface area (Å²) in [4.78, 5) is 2.62. The Labute approximate surface area is 342 Å². The summed E-state index contributed by atoms with van der Waals surface area (Å²) in [6, 6.07) is 73.4. The van der Waals surface area contributed by atoms with Crippen molar-refractivity contribution in [2.24, 2.45) is 11.8 Å². The molecule has 0 amide bonds. The third-order valence-corrected chi connectivity index (χ3v) is 14.3. The van der Waals surface area contributed by atoms with E-state index < -0.39 is 0 Å². The summed E-state index contributed by atoms with van der Waals surface area (Å²) in [6.45, 7) is 0. The lowest BCUT2D eigenvalue weighted by molar-refractivity contribution is 0.347. The minimum absolute atomic E-state index is 0.0607. The molecule has 8 aromatic rings. The highest BCUT2D eigenvalue weighted by atomic mass is 15.1. The molecule has 4 aliphatic rings. The predicted molar refractivity (Wildman–Crippen MR) is 239 cm³/mol. The van der Waals surface area contributed by atoms with E-state index >= 15 is 0 Å². The summed E-state index contributed by atoms with van der Waals surface area (Å²) in [5.74, 6) is 1.29. The summed E-state index contributed by atoms with van der Waals surface area (Å²) < 4.78 is 0. The van der Waals surface area contributed by atoms with Crippen molar-refractivity contribution >= 4 is 17.1 Å². The zero-order valence-electron chi connectivity index (χ0n) is 32.7. The molecule has 1 saturated carbocycles. The Morgan fingerprint density at radius 3 is 1.69 bits per heavy atom. The standard InChI is InChI=1S/C57H45N/c1-4-14-38(15-5-1)39-26-30-48(31-27-39)58(49-32-33-51-45(37-49)34-42-20-10-11-23-50(42)51)53-25-13-22-44-36-47-29-28-46-35-43-21-12-24-52(55(43)57(46,47)56(44)53)54(40-16-6-2-7-17-40)41-18-8-3-9-19-41/h1-27,30-33,37,46-47,54H,28-29,34-36H2. The van der Waals surface area contributed by atoms with Gasteiger partial charge in [0.15, 0.2) is 0 Å². The Bertz CT molecular complexity index is 2770. The highest BCUT2D eigenvalue weighted by molar-refractivity contribution is 5.86. The third-order valence-electron chi connectivity index (χ3n) is 14.3. The average Bonchev–Trinajstić information content (AvgIpc) is 4.02. The first-order valence-electron chi connectivity index (χ1n) is 21.3. The van der Waals surface area contributed by atoms with Gasteiger partial charge in [0.05, 0.1) is 5.69 Å². The van der Waals surface area contributed by atoms with Crippen molar-refractivity contribution in [2.75, 3.05) is 4.90 Å². The SMILES string of the molecule is c1ccc(-c2ccc(N(c3ccc4c(c3)Cc3ccccc3-4)c3cccc4c3C35c6c(cccc6C(c6ccccc6)c6ccccc6)CC3CCC5C4)cc2)cc1. The molecule has 1 nitrogen and oxygen atoms in total. The number of nitrogens with zero attached hydrogens (tertiary/aromatic N) is 1. The number of fused-ring (bicyclic) bond motifs is 5. The fourth-order valence-electron chi connectivity index (χ4n) is 12.1. The first kappa shape index (κ1) is 33.7. The second-order valence-electron chi connectivity index (χ2n) is 17.1. The minimum atomic E-state index is -0.0607. The van der Waals surface area contributed by atoms with E-state index in [1.54, 1.807) is 16.7 Å². The minimum Gasteiger partial charge on any atom is -0.310 e. The molecule has 0 aliphatic heterocycles. The number of rotatable bonds is 7. The lowest BCUT2D eigenvalue weighted by Gasteiger charge is -2.39. The van der Waals surface area contributed by atoms with Crippen LogP contribution in [0, 0.1) is 11.8 Å². The summed E-state index contributed by atoms with van der Waals surface area (Å²) in [5.41, 5.74) is 22.3. The Balaban J connectivity index is 1.08. The molecule has 12 rings (SSSR count). The molecule has 0 heterocycles. The fraction of sp³-hybridized carbons (Fsp3) is 0.158. The highest BCUT2D eigenvalue weighted by Gasteiger charge is 2.62. The molecule has 1 heteroatoms. The largest absolute Gasteiger partial charge is 0.310 e. The van der Waals surface area contributed by atoms with E-state index in [0.717, 1.165) is 19.3 Å². The Morgan fingerprint density at radius 1 is 0.431 bits per heavy atom. The summed E-state index contributed by atoms with van der Waals surface area (Å²) >= 11 is 0. The van der Waals surface area contributed by atoms with Crippen LogP contribution in [-0.2, 0) is 24.7 Å². The van der Waals surface area contributed by atoms with Gasteiger partial charge in [0.2, 0.25) is 0 Å². The van der Waals surface area contributed by atoms with Crippen molar-refractivity contribution in [1.82, 2.24) is 0 Å². The monoisotopic (exact) mass is 743 g/mol. The lowest BCUT2D eigenvalue weighted by Crippen LogP contribution is -2.34. The van der Waals surface area contributed by atoms with E-state index in [1.807, 2.05) is 0 Å². The van der Waals surface area contributed by atoms with Crippen LogP contribution in [0.4, 0.5) is 17.1 Å². The van der Waals surface area contributed by atoms with Gasteiger partial charge in [-0.1, -0.05) is 164 Å². The maximum atomic E-state index is 2.62. The van der Waals surface area contributed by atoms with Gasteiger partial charge in [-0.05, 0) is 147 Å². The molecular weight excluding hydrogens is 699 g/mol. The van der Waals surface area contributed by atoms with E-state index in [1.165, 1.54) is 85.5 Å². The van der Waals surface area contributed by atoms with Crippen molar-refractivity contribution < 1.29 is 0 Å². The predicted octanol–water partition coefficient (Wildman–Crippen LogP) is 14.0. The molecule has 0 aromatic heterocycles. The highest BCUT2D eigenvalue weighted by Crippen LogP contribution is 2.68. The molecule has 0 saturated heterocycles. The molecule has 0 radical (unpaired) electrons.